The first-order chi connectivity index (χ1) is 40.7. The van der Waals surface area contributed by atoms with Crippen molar-refractivity contribution in [2.45, 2.75) is 91.1 Å². The summed E-state index contributed by atoms with van der Waals surface area (Å²) in [4.78, 5) is 75.8. The zero-order valence-electron chi connectivity index (χ0n) is 48.1. The van der Waals surface area contributed by atoms with Crippen LogP contribution in [0.25, 0.3) is 0 Å². The molecular formula is C58H74N14O12. The van der Waals surface area contributed by atoms with E-state index in [1.54, 1.807) is 0 Å². The molecule has 12 N–H and O–H groups in total. The molecule has 84 heavy (non-hydrogen) atoms. The number of carbonyl (C=O) groups excluding carboxylic acids is 4. The Morgan fingerprint density at radius 3 is 1.06 bits per heavy atom. The number of aliphatic hydroxyl groups excluding tert-OH is 2. The van der Waals surface area contributed by atoms with Gasteiger partial charge < -0.3 is 82.0 Å². The second-order valence-electron chi connectivity index (χ2n) is 19.4. The highest BCUT2D eigenvalue weighted by Crippen LogP contribution is 2.42. The SMILES string of the molecule is CCCOc1c2cccc1Cc1cc(Nc3nc(N)nc(NCC(=O)N[C@@H](CO)C(=O)OC)n3)cc(c1OCCC)Cc1cccc(c1OCCC)Cc1cc(Nc3nc(N)nc(NCC(=O)N[C@@H](CO)C(=O)OC)n3)cc(c1OCCC)C2. The number of para-hydroxylation sites is 2. The first kappa shape index (κ1) is 62.3. The van der Waals surface area contributed by atoms with Crippen LogP contribution in [0, 0.1) is 0 Å². The van der Waals surface area contributed by atoms with Gasteiger partial charge in [-0.25, -0.2) is 9.59 Å². The fourth-order valence-electron chi connectivity index (χ4n) is 9.15. The van der Waals surface area contributed by atoms with E-state index in [1.165, 1.54) is 0 Å². The monoisotopic (exact) mass is 1160 g/mol. The van der Waals surface area contributed by atoms with Crippen molar-refractivity contribution >= 4 is 70.8 Å². The average Bonchev–Trinajstić information content (AvgIpc) is 2.87. The lowest BCUT2D eigenvalue weighted by molar-refractivity contribution is -0.146. The first-order valence-corrected chi connectivity index (χ1v) is 27.7. The summed E-state index contributed by atoms with van der Waals surface area (Å²) in [5, 5.41) is 36.3. The van der Waals surface area contributed by atoms with Crippen molar-refractivity contribution in [3.05, 3.63) is 105 Å². The van der Waals surface area contributed by atoms with Gasteiger partial charge in [0.05, 0.1) is 67.0 Å². The summed E-state index contributed by atoms with van der Waals surface area (Å²) in [5.74, 6) is -0.326. The third-order valence-electron chi connectivity index (χ3n) is 12.8. The highest BCUT2D eigenvalue weighted by atomic mass is 16.5. The molecule has 0 unspecified atom stereocenters. The van der Waals surface area contributed by atoms with Gasteiger partial charge in [-0.15, -0.1) is 0 Å². The summed E-state index contributed by atoms with van der Waals surface area (Å²) in [5.41, 5.74) is 20.5. The van der Waals surface area contributed by atoms with Crippen LogP contribution in [-0.2, 0) is 54.3 Å². The Hall–Kier alpha value is -9.30. The van der Waals surface area contributed by atoms with Crippen molar-refractivity contribution in [3.63, 3.8) is 0 Å². The van der Waals surface area contributed by atoms with Crippen molar-refractivity contribution in [1.82, 2.24) is 40.5 Å². The summed E-state index contributed by atoms with van der Waals surface area (Å²) >= 11 is 0. The van der Waals surface area contributed by atoms with Crippen LogP contribution < -0.4 is 62.3 Å². The van der Waals surface area contributed by atoms with Crippen molar-refractivity contribution < 1.29 is 57.8 Å². The molecule has 2 heterocycles. The number of nitrogens with two attached hydrogens (primary N) is 2. The minimum atomic E-state index is -1.26. The van der Waals surface area contributed by atoms with Gasteiger partial charge in [-0.2, -0.15) is 29.9 Å². The van der Waals surface area contributed by atoms with E-state index in [0.717, 1.165) is 84.4 Å². The molecule has 0 spiro atoms. The highest BCUT2D eigenvalue weighted by molar-refractivity contribution is 5.87. The van der Waals surface area contributed by atoms with E-state index < -0.39 is 49.1 Å². The molecule has 2 amide bonds. The van der Waals surface area contributed by atoms with Gasteiger partial charge in [0, 0.05) is 59.3 Å². The third kappa shape index (κ3) is 16.9. The quantitative estimate of drug-likeness (QED) is 0.0298. The van der Waals surface area contributed by atoms with Crippen molar-refractivity contribution in [3.8, 4) is 23.0 Å². The normalized spacial score (nSPS) is 12.4. The number of hydrogen-bond donors (Lipinski definition) is 10. The molecule has 0 saturated heterocycles. The van der Waals surface area contributed by atoms with Crippen LogP contribution >= 0.6 is 0 Å². The number of aromatic nitrogens is 6. The van der Waals surface area contributed by atoms with Gasteiger partial charge in [-0.3, -0.25) is 9.59 Å². The van der Waals surface area contributed by atoms with E-state index >= 15 is 0 Å². The number of esters is 2. The fourth-order valence-corrected chi connectivity index (χ4v) is 9.15. The van der Waals surface area contributed by atoms with Gasteiger partial charge in [-0.1, -0.05) is 64.1 Å². The molecule has 8 bridgehead atoms. The number of hydrogen-bond acceptors (Lipinski definition) is 24. The fraction of sp³-hybridized carbons (Fsp3) is 0.414. The second kappa shape index (κ2) is 30.7. The molecule has 2 atom stereocenters. The maximum absolute atomic E-state index is 12.8. The number of methoxy groups -OCH3 is 2. The molecule has 0 fully saturated rings. The molecule has 26 nitrogen and oxygen atoms in total. The van der Waals surface area contributed by atoms with E-state index in [-0.39, 0.29) is 48.8 Å². The van der Waals surface area contributed by atoms with E-state index in [4.69, 9.17) is 30.4 Å². The number of anilines is 8. The molecule has 0 radical (unpaired) electrons. The number of nitrogens with one attached hydrogen (secondary N) is 6. The van der Waals surface area contributed by atoms with Gasteiger partial charge in [0.15, 0.2) is 12.1 Å². The van der Waals surface area contributed by atoms with Crippen molar-refractivity contribution in [2.24, 2.45) is 0 Å². The molecule has 1 aliphatic carbocycles. The van der Waals surface area contributed by atoms with Crippen molar-refractivity contribution in [2.75, 3.05) is 99.7 Å². The van der Waals surface area contributed by atoms with E-state index in [2.05, 4.69) is 85.1 Å². The third-order valence-corrected chi connectivity index (χ3v) is 12.8. The van der Waals surface area contributed by atoms with Gasteiger partial charge >= 0.3 is 11.9 Å². The molecule has 1 aliphatic rings. The van der Waals surface area contributed by atoms with Crippen LogP contribution in [-0.4, -0.2) is 143 Å². The Bertz CT molecular complexity index is 2960. The van der Waals surface area contributed by atoms with Crippen molar-refractivity contribution in [1.29, 1.82) is 0 Å². The zero-order chi connectivity index (χ0) is 60.1. The van der Waals surface area contributed by atoms with E-state index in [9.17, 15) is 29.4 Å². The van der Waals surface area contributed by atoms with Crippen LogP contribution in [0.4, 0.5) is 47.1 Å². The lowest BCUT2D eigenvalue weighted by Crippen LogP contribution is -2.46. The minimum Gasteiger partial charge on any atom is -0.493 e. The standard InChI is InChI=1S/C58H74N14O12/c1-7-17-81-47-33-13-11-14-34(47)22-38-26-42(64-58-70-54(60)68-56(72-58)62-30-46(76)66-44(32-74)52(78)80-6)28-40(50(38)84-20-10-4)24-36-16-12-15-35(48(36)82-18-8-2)23-39-27-41(25-37(21-33)49(39)83-19-9-3)63-57-69-53(59)67-55(71-57)61-29-45(75)65-43(31-73)51(77)79-5/h11-16,25-28,43-44,73-74H,7-10,17-24,29-32H2,1-6H3,(H,65,75)(H,66,76)(H4,59,61,63,67,69,71)(H4,60,62,64,68,70,72)/t43-,44-/m0/s1. The largest absolute Gasteiger partial charge is 0.493 e. The predicted octanol–water partition coefficient (Wildman–Crippen LogP) is 4.66. The number of amides is 2. The summed E-state index contributed by atoms with van der Waals surface area (Å²) in [6.07, 6.45) is 4.36. The number of nitrogens with zero attached hydrogens (tertiary/aromatic N) is 6. The number of aliphatic hydroxyl groups is 2. The number of carbonyl (C=O) groups is 4. The summed E-state index contributed by atoms with van der Waals surface area (Å²) in [7, 11) is 2.30. The predicted molar refractivity (Wildman–Crippen MR) is 314 cm³/mol. The van der Waals surface area contributed by atoms with E-state index in [1.807, 2.05) is 74.5 Å². The topological polar surface area (TPSA) is 366 Å². The molecule has 7 rings (SSSR count). The van der Waals surface area contributed by atoms with E-state index in [0.29, 0.717) is 86.5 Å². The number of fused-ring (bicyclic) bond motifs is 8. The molecule has 4 aromatic carbocycles. The van der Waals surface area contributed by atoms with Crippen LogP contribution in [0.15, 0.2) is 60.7 Å². The Labute approximate surface area is 486 Å². The lowest BCUT2D eigenvalue weighted by Gasteiger charge is -2.24. The number of ether oxygens (including phenoxy) is 6. The van der Waals surface area contributed by atoms with Crippen LogP contribution in [0.1, 0.15) is 97.9 Å². The van der Waals surface area contributed by atoms with Crippen LogP contribution in [0.5, 0.6) is 23.0 Å². The molecule has 2 aromatic heterocycles. The molecular weight excluding hydrogens is 1080 g/mol. The van der Waals surface area contributed by atoms with Crippen LogP contribution in [0.3, 0.4) is 0 Å². The number of benzene rings is 4. The van der Waals surface area contributed by atoms with Gasteiger partial charge in [0.2, 0.25) is 47.5 Å². The average molecular weight is 1160 g/mol. The Morgan fingerprint density at radius 1 is 0.476 bits per heavy atom. The van der Waals surface area contributed by atoms with Gasteiger partial charge in [0.1, 0.15) is 23.0 Å². The Balaban J connectivity index is 1.34. The number of rotatable bonds is 28. The van der Waals surface area contributed by atoms with Gasteiger partial charge in [0.25, 0.3) is 0 Å². The zero-order valence-corrected chi connectivity index (χ0v) is 48.1. The molecule has 448 valence electrons. The minimum absolute atomic E-state index is 0.0300. The molecule has 0 saturated carbocycles. The first-order valence-electron chi connectivity index (χ1n) is 27.7. The summed E-state index contributed by atoms with van der Waals surface area (Å²) < 4.78 is 36.4. The Kier molecular flexibility index (Phi) is 22.7. The lowest BCUT2D eigenvalue weighted by atomic mass is 9.90. The summed E-state index contributed by atoms with van der Waals surface area (Å²) in [6, 6.07) is 17.5. The molecule has 6 aromatic rings. The number of nitrogen functional groups attached to an aromatic ring is 2. The van der Waals surface area contributed by atoms with Crippen LogP contribution in [0.2, 0.25) is 0 Å². The highest BCUT2D eigenvalue weighted by Gasteiger charge is 2.26. The molecule has 26 heteroatoms. The Morgan fingerprint density at radius 2 is 0.774 bits per heavy atom. The molecule has 0 aliphatic heterocycles. The maximum atomic E-state index is 12.8. The second-order valence-corrected chi connectivity index (χ2v) is 19.4. The smallest absolute Gasteiger partial charge is 0.330 e. The van der Waals surface area contributed by atoms with Gasteiger partial charge in [-0.05, 0) is 72.2 Å². The summed E-state index contributed by atoms with van der Waals surface area (Å²) in [6.45, 7) is 7.84. The maximum Gasteiger partial charge on any atom is 0.330 e.